The fraction of sp³-hybridized carbons (Fsp3) is 0.226. The summed E-state index contributed by atoms with van der Waals surface area (Å²) in [5, 5.41) is 2.14. The van der Waals surface area contributed by atoms with Crippen LogP contribution >= 0.6 is 34.8 Å². The third kappa shape index (κ3) is 7.16. The number of fused-ring (bicyclic) bond motifs is 3. The monoisotopic (exact) mass is 673 g/mol. The van der Waals surface area contributed by atoms with Gasteiger partial charge in [-0.1, -0.05) is 11.6 Å². The normalized spacial score (nSPS) is 10.9. The molecule has 0 fully saturated rings. The van der Waals surface area contributed by atoms with Crippen molar-refractivity contribution in [2.24, 2.45) is 0 Å². The van der Waals surface area contributed by atoms with E-state index in [1.807, 2.05) is 6.92 Å². The van der Waals surface area contributed by atoms with E-state index in [-0.39, 0.29) is 11.6 Å². The minimum absolute atomic E-state index is 0.0768. The topological polar surface area (TPSA) is 114 Å². The number of hydrogen-bond acceptors (Lipinski definition) is 9. The number of methoxy groups -OCH3 is 2. The Morgan fingerprint density at radius 3 is 1.93 bits per heavy atom. The number of nitrogens with zero attached hydrogens (tertiary/aromatic N) is 4. The van der Waals surface area contributed by atoms with Crippen molar-refractivity contribution in [3.8, 4) is 34.6 Å². The highest BCUT2D eigenvalue weighted by Gasteiger charge is 2.16. The standard InChI is InChI=1S/C20H17ClFN3O3.C11H10Cl2N2O2/c1-11-7-12-14(25-11)3-4-16(19(12)22)28-20-13-8-17(26-2)18(27-6-5-21)9-15(13)23-10-24-20;1-16-9-4-7-8(14-6-15-11(7)13)5-10(9)17-3-2-12/h3-4,7-10,25H,5-6H2,1-2H3;4-6H,2-3H2,1H3. The number of hydrogen-bond donors (Lipinski definition) is 1. The van der Waals surface area contributed by atoms with E-state index in [1.54, 1.807) is 49.6 Å². The third-order valence-electron chi connectivity index (χ3n) is 6.47. The second-order valence-electron chi connectivity index (χ2n) is 9.35. The summed E-state index contributed by atoms with van der Waals surface area (Å²) >= 11 is 17.2. The Morgan fingerprint density at radius 2 is 1.31 bits per heavy atom. The molecule has 234 valence electrons. The summed E-state index contributed by atoms with van der Waals surface area (Å²) in [5.74, 6) is 2.76. The summed E-state index contributed by atoms with van der Waals surface area (Å²) in [6, 6.07) is 12.0. The van der Waals surface area contributed by atoms with Crippen LogP contribution in [0, 0.1) is 12.7 Å². The number of halogens is 4. The van der Waals surface area contributed by atoms with Crippen LogP contribution in [0.1, 0.15) is 5.69 Å². The van der Waals surface area contributed by atoms with Crippen molar-refractivity contribution >= 4 is 67.5 Å². The first-order chi connectivity index (χ1) is 21.9. The molecule has 0 aliphatic carbocycles. The number of alkyl halides is 2. The van der Waals surface area contributed by atoms with Crippen LogP contribution in [-0.4, -0.2) is 64.1 Å². The highest BCUT2D eigenvalue weighted by Crippen LogP contribution is 2.38. The summed E-state index contributed by atoms with van der Waals surface area (Å²) in [6.07, 6.45) is 2.76. The fourth-order valence-electron chi connectivity index (χ4n) is 4.47. The van der Waals surface area contributed by atoms with E-state index in [4.69, 9.17) is 58.5 Å². The summed E-state index contributed by atoms with van der Waals surface area (Å²) in [5.41, 5.74) is 2.86. The van der Waals surface area contributed by atoms with E-state index >= 15 is 0 Å². The van der Waals surface area contributed by atoms with Crippen LogP contribution in [0.3, 0.4) is 0 Å². The lowest BCUT2D eigenvalue weighted by molar-refractivity contribution is 0.313. The maximum atomic E-state index is 14.9. The highest BCUT2D eigenvalue weighted by molar-refractivity contribution is 6.34. The molecule has 45 heavy (non-hydrogen) atoms. The Hall–Kier alpha value is -4.32. The van der Waals surface area contributed by atoms with Crippen LogP contribution in [0.2, 0.25) is 5.15 Å². The van der Waals surface area contributed by atoms with E-state index in [0.717, 1.165) is 11.1 Å². The van der Waals surface area contributed by atoms with Gasteiger partial charge in [0.2, 0.25) is 5.88 Å². The number of H-pyrrole nitrogens is 1. The molecule has 0 amide bonds. The minimum atomic E-state index is -0.456. The molecule has 6 rings (SSSR count). The van der Waals surface area contributed by atoms with Gasteiger partial charge in [-0.2, -0.15) is 0 Å². The number of aryl methyl sites for hydroxylation is 1. The van der Waals surface area contributed by atoms with Crippen molar-refractivity contribution < 1.29 is 28.1 Å². The number of ether oxygens (including phenoxy) is 5. The smallest absolute Gasteiger partial charge is 0.230 e. The van der Waals surface area contributed by atoms with Gasteiger partial charge in [-0.25, -0.2) is 24.3 Å². The molecule has 0 aliphatic heterocycles. The zero-order valence-corrected chi connectivity index (χ0v) is 26.6. The molecule has 0 bridgehead atoms. The van der Waals surface area contributed by atoms with Gasteiger partial charge in [-0.3, -0.25) is 0 Å². The molecule has 0 spiro atoms. The highest BCUT2D eigenvalue weighted by atomic mass is 35.5. The van der Waals surface area contributed by atoms with Gasteiger partial charge in [0.05, 0.1) is 42.4 Å². The molecule has 14 heteroatoms. The predicted molar refractivity (Wildman–Crippen MR) is 173 cm³/mol. The summed E-state index contributed by atoms with van der Waals surface area (Å²) in [7, 11) is 3.09. The maximum Gasteiger partial charge on any atom is 0.230 e. The first-order valence-electron chi connectivity index (χ1n) is 13.5. The summed E-state index contributed by atoms with van der Waals surface area (Å²) in [6.45, 7) is 2.61. The molecular formula is C31H27Cl3FN5O5. The Labute approximate surface area is 272 Å². The average Bonchev–Trinajstić information content (AvgIpc) is 3.45. The lowest BCUT2D eigenvalue weighted by Crippen LogP contribution is -2.01. The van der Waals surface area contributed by atoms with Crippen LogP contribution in [0.5, 0.6) is 34.6 Å². The van der Waals surface area contributed by atoms with E-state index in [0.29, 0.717) is 80.4 Å². The van der Waals surface area contributed by atoms with Gasteiger partial charge in [-0.05, 0) is 37.3 Å². The number of aromatic amines is 1. The van der Waals surface area contributed by atoms with Gasteiger partial charge in [0, 0.05) is 34.1 Å². The van der Waals surface area contributed by atoms with Gasteiger partial charge >= 0.3 is 0 Å². The molecule has 0 aliphatic rings. The molecule has 10 nitrogen and oxygen atoms in total. The van der Waals surface area contributed by atoms with Crippen LogP contribution < -0.4 is 23.7 Å². The largest absolute Gasteiger partial charge is 0.493 e. The molecule has 0 saturated heterocycles. The number of rotatable bonds is 10. The zero-order chi connectivity index (χ0) is 31.9. The van der Waals surface area contributed by atoms with Crippen molar-refractivity contribution in [2.75, 3.05) is 39.2 Å². The fourth-order valence-corrected chi connectivity index (χ4v) is 4.82. The van der Waals surface area contributed by atoms with E-state index in [2.05, 4.69) is 24.9 Å². The Bertz CT molecular complexity index is 1960. The molecular weight excluding hydrogens is 648 g/mol. The zero-order valence-electron chi connectivity index (χ0n) is 24.4. The Kier molecular flexibility index (Phi) is 10.4. The van der Waals surface area contributed by atoms with Gasteiger partial charge in [0.1, 0.15) is 31.0 Å². The lowest BCUT2D eigenvalue weighted by Gasteiger charge is -2.13. The molecule has 3 aromatic carbocycles. The van der Waals surface area contributed by atoms with E-state index in [1.165, 1.54) is 19.8 Å². The van der Waals surface area contributed by atoms with E-state index in [9.17, 15) is 4.39 Å². The first-order valence-corrected chi connectivity index (χ1v) is 15.0. The van der Waals surface area contributed by atoms with Crippen molar-refractivity contribution in [3.05, 3.63) is 71.8 Å². The maximum absolute atomic E-state index is 14.9. The molecule has 0 radical (unpaired) electrons. The second-order valence-corrected chi connectivity index (χ2v) is 10.5. The minimum Gasteiger partial charge on any atom is -0.493 e. The third-order valence-corrected chi connectivity index (χ3v) is 7.08. The average molecular weight is 675 g/mol. The SMILES string of the molecule is COc1cc2c(Cl)ncnc2cc1OCCCl.COc1cc2c(Oc3ccc4[nH]c(C)cc4c3F)ncnc2cc1OCCCl. The molecule has 1 N–H and O–H groups in total. The summed E-state index contributed by atoms with van der Waals surface area (Å²) < 4.78 is 42.3. The van der Waals surface area contributed by atoms with Crippen molar-refractivity contribution in [1.29, 1.82) is 0 Å². The number of nitrogens with one attached hydrogen (secondary N) is 1. The quantitative estimate of drug-likeness (QED) is 0.114. The van der Waals surface area contributed by atoms with Gasteiger partial charge in [0.25, 0.3) is 0 Å². The van der Waals surface area contributed by atoms with Crippen LogP contribution in [0.15, 0.2) is 55.1 Å². The molecule has 3 aromatic heterocycles. The molecule has 3 heterocycles. The number of aromatic nitrogens is 5. The van der Waals surface area contributed by atoms with Crippen molar-refractivity contribution in [2.45, 2.75) is 6.92 Å². The van der Waals surface area contributed by atoms with Crippen LogP contribution in [0.4, 0.5) is 4.39 Å². The van der Waals surface area contributed by atoms with Gasteiger partial charge in [-0.15, -0.1) is 23.2 Å². The lowest BCUT2D eigenvalue weighted by atomic mass is 10.2. The van der Waals surface area contributed by atoms with Crippen LogP contribution in [0.25, 0.3) is 32.7 Å². The van der Waals surface area contributed by atoms with Crippen molar-refractivity contribution in [1.82, 2.24) is 24.9 Å². The first kappa shape index (κ1) is 32.1. The Morgan fingerprint density at radius 1 is 0.711 bits per heavy atom. The second kappa shape index (κ2) is 14.6. The molecule has 0 unspecified atom stereocenters. The predicted octanol–water partition coefficient (Wildman–Crippen LogP) is 7.89. The summed E-state index contributed by atoms with van der Waals surface area (Å²) in [4.78, 5) is 19.5. The van der Waals surface area contributed by atoms with Crippen LogP contribution in [-0.2, 0) is 0 Å². The van der Waals surface area contributed by atoms with Gasteiger partial charge < -0.3 is 28.7 Å². The van der Waals surface area contributed by atoms with Crippen molar-refractivity contribution in [3.63, 3.8) is 0 Å². The molecule has 6 aromatic rings. The van der Waals surface area contributed by atoms with Gasteiger partial charge in [0.15, 0.2) is 34.6 Å². The molecule has 0 saturated carbocycles. The number of benzene rings is 3. The molecule has 0 atom stereocenters. The Balaban J connectivity index is 0.000000201. The van der Waals surface area contributed by atoms with E-state index < -0.39 is 5.82 Å².